The van der Waals surface area contributed by atoms with E-state index in [2.05, 4.69) is 32.0 Å². The van der Waals surface area contributed by atoms with E-state index in [9.17, 15) is 0 Å². The standard InChI is InChI=1S/C13H21NO2/c1-10(14(2)3)8-11-6-7-12(15-4)9-13(11)16-5/h6-7,9-10H,8H2,1-5H3/t10-/m1/s1. The molecule has 0 amide bonds. The van der Waals surface area contributed by atoms with Crippen LogP contribution in [0.25, 0.3) is 0 Å². The van der Waals surface area contributed by atoms with Crippen LogP contribution in [0.1, 0.15) is 12.5 Å². The quantitative estimate of drug-likeness (QED) is 0.764. The van der Waals surface area contributed by atoms with Gasteiger partial charge in [-0.1, -0.05) is 6.07 Å². The van der Waals surface area contributed by atoms with Gasteiger partial charge in [0.1, 0.15) is 11.5 Å². The Morgan fingerprint density at radius 1 is 1.19 bits per heavy atom. The Bertz CT molecular complexity index is 337. The Labute approximate surface area is 98.0 Å². The molecule has 0 aliphatic carbocycles. The number of hydrogen-bond acceptors (Lipinski definition) is 3. The Balaban J connectivity index is 2.87. The van der Waals surface area contributed by atoms with Gasteiger partial charge in [0.05, 0.1) is 14.2 Å². The lowest BCUT2D eigenvalue weighted by Crippen LogP contribution is -2.26. The van der Waals surface area contributed by atoms with Crippen LogP contribution < -0.4 is 9.47 Å². The van der Waals surface area contributed by atoms with Crippen molar-refractivity contribution in [3.63, 3.8) is 0 Å². The zero-order chi connectivity index (χ0) is 12.1. The molecule has 1 aromatic rings. The molecule has 0 saturated carbocycles. The average Bonchev–Trinajstić information content (AvgIpc) is 2.29. The summed E-state index contributed by atoms with van der Waals surface area (Å²) in [5, 5.41) is 0. The molecule has 0 radical (unpaired) electrons. The van der Waals surface area contributed by atoms with Crippen molar-refractivity contribution in [2.45, 2.75) is 19.4 Å². The predicted molar refractivity (Wildman–Crippen MR) is 66.4 cm³/mol. The maximum atomic E-state index is 5.37. The molecule has 0 bridgehead atoms. The van der Waals surface area contributed by atoms with Crippen LogP contribution >= 0.6 is 0 Å². The fourth-order valence-corrected chi connectivity index (χ4v) is 1.52. The third kappa shape index (κ3) is 3.14. The summed E-state index contributed by atoms with van der Waals surface area (Å²) < 4.78 is 10.5. The van der Waals surface area contributed by atoms with Gasteiger partial charge in [0, 0.05) is 12.1 Å². The number of benzene rings is 1. The summed E-state index contributed by atoms with van der Waals surface area (Å²) in [7, 11) is 7.52. The van der Waals surface area contributed by atoms with Gasteiger partial charge in [-0.05, 0) is 39.1 Å². The van der Waals surface area contributed by atoms with Gasteiger partial charge in [0.2, 0.25) is 0 Å². The molecule has 1 aromatic carbocycles. The van der Waals surface area contributed by atoms with Crippen molar-refractivity contribution in [3.8, 4) is 11.5 Å². The highest BCUT2D eigenvalue weighted by Gasteiger charge is 2.10. The third-order valence-corrected chi connectivity index (χ3v) is 2.89. The molecule has 0 aromatic heterocycles. The molecule has 0 unspecified atom stereocenters. The van der Waals surface area contributed by atoms with E-state index in [0.717, 1.165) is 17.9 Å². The summed E-state index contributed by atoms with van der Waals surface area (Å²) in [4.78, 5) is 2.20. The highest BCUT2D eigenvalue weighted by Crippen LogP contribution is 2.25. The Morgan fingerprint density at radius 3 is 2.38 bits per heavy atom. The first-order valence-corrected chi connectivity index (χ1v) is 5.45. The van der Waals surface area contributed by atoms with Crippen molar-refractivity contribution in [1.29, 1.82) is 0 Å². The molecule has 16 heavy (non-hydrogen) atoms. The summed E-state index contributed by atoms with van der Waals surface area (Å²) >= 11 is 0. The number of methoxy groups -OCH3 is 2. The van der Waals surface area contributed by atoms with Crippen LogP contribution in [-0.4, -0.2) is 39.3 Å². The highest BCUT2D eigenvalue weighted by atomic mass is 16.5. The van der Waals surface area contributed by atoms with Crippen molar-refractivity contribution >= 4 is 0 Å². The van der Waals surface area contributed by atoms with Gasteiger partial charge in [-0.3, -0.25) is 0 Å². The largest absolute Gasteiger partial charge is 0.497 e. The van der Waals surface area contributed by atoms with Gasteiger partial charge in [-0.2, -0.15) is 0 Å². The maximum Gasteiger partial charge on any atom is 0.125 e. The summed E-state index contributed by atoms with van der Waals surface area (Å²) in [5.41, 5.74) is 1.21. The van der Waals surface area contributed by atoms with E-state index in [1.165, 1.54) is 5.56 Å². The van der Waals surface area contributed by atoms with Crippen LogP contribution in [0, 0.1) is 0 Å². The van der Waals surface area contributed by atoms with Crippen molar-refractivity contribution in [1.82, 2.24) is 4.90 Å². The average molecular weight is 223 g/mol. The second-order valence-electron chi connectivity index (χ2n) is 4.19. The first-order valence-electron chi connectivity index (χ1n) is 5.45. The molecular formula is C13H21NO2. The third-order valence-electron chi connectivity index (χ3n) is 2.89. The van der Waals surface area contributed by atoms with Gasteiger partial charge in [-0.25, -0.2) is 0 Å². The minimum Gasteiger partial charge on any atom is -0.497 e. The lowest BCUT2D eigenvalue weighted by atomic mass is 10.1. The first-order chi connectivity index (χ1) is 7.58. The molecule has 0 saturated heterocycles. The van der Waals surface area contributed by atoms with E-state index >= 15 is 0 Å². The fourth-order valence-electron chi connectivity index (χ4n) is 1.52. The lowest BCUT2D eigenvalue weighted by molar-refractivity contribution is 0.308. The number of hydrogen-bond donors (Lipinski definition) is 0. The summed E-state index contributed by atoms with van der Waals surface area (Å²) in [6.07, 6.45) is 0.972. The molecule has 3 heteroatoms. The SMILES string of the molecule is COc1ccc(C[C@@H](C)N(C)C)c(OC)c1. The zero-order valence-corrected chi connectivity index (χ0v) is 10.8. The van der Waals surface area contributed by atoms with Crippen LogP contribution in [0.2, 0.25) is 0 Å². The Hall–Kier alpha value is -1.22. The van der Waals surface area contributed by atoms with Crippen molar-refractivity contribution in [3.05, 3.63) is 23.8 Å². The molecule has 0 aliphatic heterocycles. The Kier molecular flexibility index (Phi) is 4.62. The van der Waals surface area contributed by atoms with Gasteiger partial charge in [0.15, 0.2) is 0 Å². The smallest absolute Gasteiger partial charge is 0.125 e. The monoisotopic (exact) mass is 223 g/mol. The van der Waals surface area contributed by atoms with Crippen LogP contribution in [0.5, 0.6) is 11.5 Å². The zero-order valence-electron chi connectivity index (χ0n) is 10.8. The highest BCUT2D eigenvalue weighted by molar-refractivity contribution is 5.41. The van der Waals surface area contributed by atoms with Crippen LogP contribution in [0.3, 0.4) is 0 Å². The molecule has 0 spiro atoms. The maximum absolute atomic E-state index is 5.37. The minimum absolute atomic E-state index is 0.488. The van der Waals surface area contributed by atoms with E-state index in [1.807, 2.05) is 12.1 Å². The molecule has 3 nitrogen and oxygen atoms in total. The number of likely N-dealkylation sites (N-methyl/N-ethyl adjacent to an activating group) is 1. The molecule has 0 fully saturated rings. The van der Waals surface area contributed by atoms with E-state index in [1.54, 1.807) is 14.2 Å². The molecule has 1 rings (SSSR count). The van der Waals surface area contributed by atoms with E-state index in [4.69, 9.17) is 9.47 Å². The number of nitrogens with zero attached hydrogens (tertiary/aromatic N) is 1. The number of rotatable bonds is 5. The molecule has 1 atom stereocenters. The molecular weight excluding hydrogens is 202 g/mol. The van der Waals surface area contributed by atoms with Crippen LogP contribution in [0.15, 0.2) is 18.2 Å². The second-order valence-corrected chi connectivity index (χ2v) is 4.19. The molecule has 0 N–H and O–H groups in total. The van der Waals surface area contributed by atoms with E-state index in [-0.39, 0.29) is 0 Å². The lowest BCUT2D eigenvalue weighted by Gasteiger charge is -2.21. The molecule has 0 heterocycles. The predicted octanol–water partition coefficient (Wildman–Crippen LogP) is 2.20. The van der Waals surface area contributed by atoms with Gasteiger partial charge in [-0.15, -0.1) is 0 Å². The van der Waals surface area contributed by atoms with Crippen LogP contribution in [0.4, 0.5) is 0 Å². The second kappa shape index (κ2) is 5.75. The Morgan fingerprint density at radius 2 is 1.88 bits per heavy atom. The fraction of sp³-hybridized carbons (Fsp3) is 0.538. The van der Waals surface area contributed by atoms with Gasteiger partial charge >= 0.3 is 0 Å². The van der Waals surface area contributed by atoms with Crippen molar-refractivity contribution < 1.29 is 9.47 Å². The molecule has 0 aliphatic rings. The minimum atomic E-state index is 0.488. The van der Waals surface area contributed by atoms with E-state index < -0.39 is 0 Å². The molecule has 90 valence electrons. The van der Waals surface area contributed by atoms with Crippen LogP contribution in [-0.2, 0) is 6.42 Å². The van der Waals surface area contributed by atoms with Crippen molar-refractivity contribution in [2.75, 3.05) is 28.3 Å². The summed E-state index contributed by atoms with van der Waals surface area (Å²) in [6, 6.07) is 6.46. The normalized spacial score (nSPS) is 12.6. The number of ether oxygens (including phenoxy) is 2. The van der Waals surface area contributed by atoms with Gasteiger partial charge in [0.25, 0.3) is 0 Å². The van der Waals surface area contributed by atoms with Gasteiger partial charge < -0.3 is 14.4 Å². The van der Waals surface area contributed by atoms with Crippen molar-refractivity contribution in [2.24, 2.45) is 0 Å². The summed E-state index contributed by atoms with van der Waals surface area (Å²) in [5.74, 6) is 1.73. The topological polar surface area (TPSA) is 21.7 Å². The summed E-state index contributed by atoms with van der Waals surface area (Å²) in [6.45, 7) is 2.20. The first kappa shape index (κ1) is 12.8. The van der Waals surface area contributed by atoms with E-state index in [0.29, 0.717) is 6.04 Å².